The predicted molar refractivity (Wildman–Crippen MR) is 63.5 cm³/mol. The van der Waals surface area contributed by atoms with E-state index < -0.39 is 21.6 Å². The van der Waals surface area contributed by atoms with Crippen LogP contribution in [0.3, 0.4) is 0 Å². The Kier molecular flexibility index (Phi) is 3.84. The molecule has 2 N–H and O–H groups in total. The van der Waals surface area contributed by atoms with Gasteiger partial charge in [0.1, 0.15) is 10.6 Å². The highest BCUT2D eigenvalue weighted by molar-refractivity contribution is 7.89. The topological polar surface area (TPSA) is 97.6 Å². The van der Waals surface area contributed by atoms with Crippen molar-refractivity contribution in [2.75, 3.05) is 0 Å². The summed E-state index contributed by atoms with van der Waals surface area (Å²) in [6, 6.07) is 1.07. The van der Waals surface area contributed by atoms with Crippen molar-refractivity contribution in [1.29, 1.82) is 0 Å². The van der Waals surface area contributed by atoms with E-state index in [0.717, 1.165) is 6.07 Å². The minimum atomic E-state index is -3.89. The van der Waals surface area contributed by atoms with E-state index in [-0.39, 0.29) is 10.6 Å². The zero-order chi connectivity index (χ0) is 14.1. The van der Waals surface area contributed by atoms with E-state index >= 15 is 0 Å². The minimum absolute atomic E-state index is 0.119. The SMILES string of the molecule is Cn1cc(S(=O)(=O)NOC(C)(C)C)cc1C(=O)O. The molecule has 0 fully saturated rings. The van der Waals surface area contributed by atoms with Crippen molar-refractivity contribution in [2.45, 2.75) is 31.3 Å². The average Bonchev–Trinajstić information content (AvgIpc) is 2.57. The third kappa shape index (κ3) is 3.56. The van der Waals surface area contributed by atoms with Gasteiger partial charge in [-0.05, 0) is 26.8 Å². The molecule has 0 amide bonds. The maximum Gasteiger partial charge on any atom is 0.352 e. The molecule has 0 aliphatic rings. The second-order valence-corrected chi connectivity index (χ2v) is 6.42. The fourth-order valence-corrected chi connectivity index (χ4v) is 2.14. The third-order valence-electron chi connectivity index (χ3n) is 1.97. The van der Waals surface area contributed by atoms with Crippen LogP contribution in [0.5, 0.6) is 0 Å². The molecule has 0 atom stereocenters. The van der Waals surface area contributed by atoms with Crippen LogP contribution in [0.2, 0.25) is 0 Å². The van der Waals surface area contributed by atoms with Crippen LogP contribution < -0.4 is 4.89 Å². The summed E-state index contributed by atoms with van der Waals surface area (Å²) in [5, 5.41) is 8.84. The molecule has 0 aromatic carbocycles. The minimum Gasteiger partial charge on any atom is -0.477 e. The van der Waals surface area contributed by atoms with Crippen LogP contribution in [0.1, 0.15) is 31.3 Å². The summed E-state index contributed by atoms with van der Waals surface area (Å²) in [5.41, 5.74) is -0.802. The van der Waals surface area contributed by atoms with E-state index in [1.54, 1.807) is 20.8 Å². The van der Waals surface area contributed by atoms with Crippen molar-refractivity contribution in [3.05, 3.63) is 18.0 Å². The molecule has 0 aliphatic carbocycles. The summed E-state index contributed by atoms with van der Waals surface area (Å²) in [5.74, 6) is -1.20. The van der Waals surface area contributed by atoms with Crippen LogP contribution in [-0.2, 0) is 21.9 Å². The molecule has 0 unspecified atom stereocenters. The molecule has 7 nitrogen and oxygen atoms in total. The van der Waals surface area contributed by atoms with Crippen LogP contribution in [-0.4, -0.2) is 29.7 Å². The number of carbonyl (C=O) groups is 1. The predicted octanol–water partition coefficient (Wildman–Crippen LogP) is 0.732. The van der Waals surface area contributed by atoms with Gasteiger partial charge in [-0.3, -0.25) is 4.84 Å². The van der Waals surface area contributed by atoms with Gasteiger partial charge in [0, 0.05) is 13.2 Å². The molecule has 1 aromatic rings. The molecular formula is C10H16N2O5S. The first-order valence-corrected chi connectivity index (χ1v) is 6.61. The van der Waals surface area contributed by atoms with Crippen molar-refractivity contribution in [3.63, 3.8) is 0 Å². The number of sulfonamides is 1. The molecule has 1 heterocycles. The van der Waals surface area contributed by atoms with Crippen LogP contribution in [0.15, 0.2) is 17.2 Å². The summed E-state index contributed by atoms with van der Waals surface area (Å²) >= 11 is 0. The highest BCUT2D eigenvalue weighted by Gasteiger charge is 2.22. The number of nitrogens with one attached hydrogen (secondary N) is 1. The lowest BCUT2D eigenvalue weighted by Gasteiger charge is -2.18. The van der Waals surface area contributed by atoms with E-state index in [2.05, 4.69) is 0 Å². The van der Waals surface area contributed by atoms with E-state index in [4.69, 9.17) is 9.94 Å². The smallest absolute Gasteiger partial charge is 0.352 e. The van der Waals surface area contributed by atoms with Gasteiger partial charge in [-0.1, -0.05) is 4.89 Å². The first-order valence-electron chi connectivity index (χ1n) is 5.12. The quantitative estimate of drug-likeness (QED) is 0.790. The van der Waals surface area contributed by atoms with Gasteiger partial charge in [-0.15, -0.1) is 0 Å². The maximum atomic E-state index is 11.8. The van der Waals surface area contributed by atoms with Crippen molar-refractivity contribution >= 4 is 16.0 Å². The van der Waals surface area contributed by atoms with Crippen LogP contribution in [0.4, 0.5) is 0 Å². The molecule has 0 radical (unpaired) electrons. The van der Waals surface area contributed by atoms with Crippen molar-refractivity contribution < 1.29 is 23.2 Å². The Labute approximate surface area is 105 Å². The highest BCUT2D eigenvalue weighted by atomic mass is 32.2. The maximum absolute atomic E-state index is 11.8. The highest BCUT2D eigenvalue weighted by Crippen LogP contribution is 2.15. The van der Waals surface area contributed by atoms with E-state index in [1.165, 1.54) is 17.8 Å². The number of carboxylic acids is 1. The summed E-state index contributed by atoms with van der Waals surface area (Å²) in [4.78, 5) is 17.6. The number of hydrogen-bond acceptors (Lipinski definition) is 4. The van der Waals surface area contributed by atoms with Gasteiger partial charge >= 0.3 is 5.97 Å². The van der Waals surface area contributed by atoms with Crippen molar-refractivity contribution in [3.8, 4) is 0 Å². The Hall–Kier alpha value is -1.38. The number of rotatable bonds is 4. The zero-order valence-corrected chi connectivity index (χ0v) is 11.4. The van der Waals surface area contributed by atoms with Gasteiger partial charge in [0.2, 0.25) is 0 Å². The molecule has 0 saturated heterocycles. The molecule has 1 aromatic heterocycles. The number of aromatic carboxylic acids is 1. The molecule has 0 bridgehead atoms. The number of carboxylic acid groups (broad SMARTS) is 1. The standard InChI is InChI=1S/C10H16N2O5S/c1-10(2,3)17-11-18(15,16)7-5-8(9(13)14)12(4)6-7/h5-6,11H,1-4H3,(H,13,14). The number of aromatic nitrogens is 1. The monoisotopic (exact) mass is 276 g/mol. The number of aryl methyl sites for hydroxylation is 1. The Morgan fingerprint density at radius 3 is 2.39 bits per heavy atom. The molecule has 0 aliphatic heterocycles. The Morgan fingerprint density at radius 1 is 1.44 bits per heavy atom. The largest absolute Gasteiger partial charge is 0.477 e. The molecular weight excluding hydrogens is 260 g/mol. The number of hydrogen-bond donors (Lipinski definition) is 2. The molecule has 1 rings (SSSR count). The zero-order valence-electron chi connectivity index (χ0n) is 10.6. The van der Waals surface area contributed by atoms with E-state index in [1.807, 2.05) is 4.89 Å². The van der Waals surface area contributed by atoms with Gasteiger partial charge in [0.25, 0.3) is 10.0 Å². The molecule has 102 valence electrons. The van der Waals surface area contributed by atoms with Crippen molar-refractivity contribution in [2.24, 2.45) is 7.05 Å². The second kappa shape index (κ2) is 4.71. The fourth-order valence-electron chi connectivity index (χ4n) is 1.12. The Morgan fingerprint density at radius 2 is 2.00 bits per heavy atom. The first kappa shape index (κ1) is 14.7. The van der Waals surface area contributed by atoms with Crippen molar-refractivity contribution in [1.82, 2.24) is 9.45 Å². The summed E-state index contributed by atoms with van der Waals surface area (Å²) in [6.45, 7) is 5.05. The van der Waals surface area contributed by atoms with Gasteiger partial charge in [0.15, 0.2) is 0 Å². The lowest BCUT2D eigenvalue weighted by atomic mass is 10.2. The van der Waals surface area contributed by atoms with Crippen LogP contribution >= 0.6 is 0 Å². The molecule has 0 spiro atoms. The Balaban J connectivity index is 2.99. The average molecular weight is 276 g/mol. The first-order chi connectivity index (χ1) is 8.03. The van der Waals surface area contributed by atoms with Crippen LogP contribution in [0.25, 0.3) is 0 Å². The molecule has 8 heteroatoms. The lowest BCUT2D eigenvalue weighted by Crippen LogP contribution is -2.33. The summed E-state index contributed by atoms with van der Waals surface area (Å²) < 4.78 is 24.9. The van der Waals surface area contributed by atoms with Gasteiger partial charge < -0.3 is 9.67 Å². The van der Waals surface area contributed by atoms with Gasteiger partial charge in [-0.2, -0.15) is 0 Å². The second-order valence-electron chi connectivity index (χ2n) is 4.78. The molecule has 0 saturated carbocycles. The summed E-state index contributed by atoms with van der Waals surface area (Å²) in [6.07, 6.45) is 1.21. The van der Waals surface area contributed by atoms with Gasteiger partial charge in [0.05, 0.1) is 5.60 Å². The Bertz CT molecular complexity index is 553. The fraction of sp³-hybridized carbons (Fsp3) is 0.500. The van der Waals surface area contributed by atoms with E-state index in [9.17, 15) is 13.2 Å². The summed E-state index contributed by atoms with van der Waals surface area (Å²) in [7, 11) is -2.43. The van der Waals surface area contributed by atoms with Crippen LogP contribution in [0, 0.1) is 0 Å². The number of nitrogens with zero attached hydrogens (tertiary/aromatic N) is 1. The normalized spacial score (nSPS) is 12.7. The van der Waals surface area contributed by atoms with Gasteiger partial charge in [-0.25, -0.2) is 13.2 Å². The lowest BCUT2D eigenvalue weighted by molar-refractivity contribution is -0.0357. The van der Waals surface area contributed by atoms with E-state index in [0.29, 0.717) is 0 Å². The third-order valence-corrected chi connectivity index (χ3v) is 3.11. The molecule has 18 heavy (non-hydrogen) atoms.